The topological polar surface area (TPSA) is 46.3 Å². The van der Waals surface area contributed by atoms with Gasteiger partial charge in [0.15, 0.2) is 0 Å². The fourth-order valence-electron chi connectivity index (χ4n) is 2.33. The number of hydrogen-bond acceptors (Lipinski definition) is 3. The maximum absolute atomic E-state index is 12.4. The van der Waals surface area contributed by atoms with Crippen molar-refractivity contribution in [1.29, 1.82) is 0 Å². The van der Waals surface area contributed by atoms with Crippen LogP contribution >= 0.6 is 27.3 Å². The molecule has 1 aliphatic heterocycles. The Kier molecular flexibility index (Phi) is 4.22. The Bertz CT molecular complexity index is 405. The molecule has 0 radical (unpaired) electrons. The molecule has 0 unspecified atom stereocenters. The van der Waals surface area contributed by atoms with E-state index >= 15 is 0 Å². The number of piperidine rings is 1. The van der Waals surface area contributed by atoms with Crippen LogP contribution in [0.1, 0.15) is 35.9 Å². The van der Waals surface area contributed by atoms with Gasteiger partial charge in [-0.2, -0.15) is 0 Å². The minimum Gasteiger partial charge on any atom is -0.333 e. The lowest BCUT2D eigenvalue weighted by molar-refractivity contribution is 0.0588. The van der Waals surface area contributed by atoms with Crippen LogP contribution < -0.4 is 5.73 Å². The zero-order valence-electron chi connectivity index (χ0n) is 9.86. The van der Waals surface area contributed by atoms with Crippen molar-refractivity contribution in [2.45, 2.75) is 38.3 Å². The summed E-state index contributed by atoms with van der Waals surface area (Å²) in [5, 5.41) is 1.93. The highest BCUT2D eigenvalue weighted by molar-refractivity contribution is 9.10. The molecule has 1 saturated heterocycles. The molecule has 2 heterocycles. The van der Waals surface area contributed by atoms with Crippen LogP contribution in [0.4, 0.5) is 0 Å². The summed E-state index contributed by atoms with van der Waals surface area (Å²) in [5.41, 5.74) is 5.98. The van der Waals surface area contributed by atoms with Crippen molar-refractivity contribution in [3.8, 4) is 0 Å². The van der Waals surface area contributed by atoms with Crippen LogP contribution in [0.2, 0.25) is 0 Å². The normalized spacial score (nSPS) is 22.5. The molecule has 0 saturated carbocycles. The SMILES string of the molecule is C[C@H](N)[C@H]1CCCCN1C(=O)c1sccc1Br. The summed E-state index contributed by atoms with van der Waals surface area (Å²) in [4.78, 5) is 15.2. The summed E-state index contributed by atoms with van der Waals surface area (Å²) >= 11 is 4.91. The quantitative estimate of drug-likeness (QED) is 0.912. The maximum atomic E-state index is 12.4. The predicted molar refractivity (Wildman–Crippen MR) is 74.3 cm³/mol. The smallest absolute Gasteiger partial charge is 0.265 e. The third-order valence-corrected chi connectivity index (χ3v) is 5.05. The predicted octanol–water partition coefficient (Wildman–Crippen LogP) is 2.85. The molecule has 0 aromatic carbocycles. The third-order valence-electron chi connectivity index (χ3n) is 3.23. The van der Waals surface area contributed by atoms with Crippen molar-refractivity contribution < 1.29 is 4.79 Å². The molecule has 0 spiro atoms. The zero-order chi connectivity index (χ0) is 12.4. The number of carbonyl (C=O) groups excluding carboxylic acids is 1. The second-order valence-electron chi connectivity index (χ2n) is 4.52. The molecular formula is C12H17BrN2OS. The van der Waals surface area contributed by atoms with E-state index in [4.69, 9.17) is 5.73 Å². The number of rotatable bonds is 2. The largest absolute Gasteiger partial charge is 0.333 e. The minimum atomic E-state index is 0.0398. The maximum Gasteiger partial charge on any atom is 0.265 e. The lowest BCUT2D eigenvalue weighted by Gasteiger charge is -2.37. The lowest BCUT2D eigenvalue weighted by Crippen LogP contribution is -2.51. The van der Waals surface area contributed by atoms with E-state index in [2.05, 4.69) is 15.9 Å². The van der Waals surface area contributed by atoms with Gasteiger partial charge in [0, 0.05) is 23.1 Å². The van der Waals surface area contributed by atoms with Crippen LogP contribution in [0.3, 0.4) is 0 Å². The zero-order valence-corrected chi connectivity index (χ0v) is 12.3. The van der Waals surface area contributed by atoms with Gasteiger partial charge >= 0.3 is 0 Å². The Morgan fingerprint density at radius 2 is 2.41 bits per heavy atom. The van der Waals surface area contributed by atoms with E-state index in [1.54, 1.807) is 0 Å². The fourth-order valence-corrected chi connectivity index (χ4v) is 3.83. The molecule has 2 N–H and O–H groups in total. The van der Waals surface area contributed by atoms with Gasteiger partial charge in [0.05, 0.1) is 0 Å². The van der Waals surface area contributed by atoms with E-state index in [1.165, 1.54) is 17.8 Å². The average Bonchev–Trinajstić information content (AvgIpc) is 2.74. The van der Waals surface area contributed by atoms with Gasteiger partial charge in [-0.05, 0) is 53.6 Å². The van der Waals surface area contributed by atoms with Crippen LogP contribution in [0.5, 0.6) is 0 Å². The highest BCUT2D eigenvalue weighted by Crippen LogP contribution is 2.28. The summed E-state index contributed by atoms with van der Waals surface area (Å²) in [6, 6.07) is 2.14. The van der Waals surface area contributed by atoms with Crippen molar-refractivity contribution >= 4 is 33.2 Å². The van der Waals surface area contributed by atoms with Crippen LogP contribution in [-0.2, 0) is 0 Å². The van der Waals surface area contributed by atoms with Crippen LogP contribution in [0, 0.1) is 0 Å². The lowest BCUT2D eigenvalue weighted by atomic mass is 9.97. The highest BCUT2D eigenvalue weighted by atomic mass is 79.9. The molecule has 0 aliphatic carbocycles. The molecule has 2 atom stereocenters. The molecular weight excluding hydrogens is 300 g/mol. The summed E-state index contributed by atoms with van der Waals surface area (Å²) in [6.07, 6.45) is 3.27. The molecule has 3 nitrogen and oxygen atoms in total. The van der Waals surface area contributed by atoms with E-state index in [0.29, 0.717) is 0 Å². The number of thiophene rings is 1. The molecule has 17 heavy (non-hydrogen) atoms. The minimum absolute atomic E-state index is 0.0398. The van der Waals surface area contributed by atoms with E-state index in [-0.39, 0.29) is 18.0 Å². The molecule has 1 aromatic heterocycles. The number of halogens is 1. The summed E-state index contributed by atoms with van der Waals surface area (Å²) in [7, 11) is 0. The fraction of sp³-hybridized carbons (Fsp3) is 0.583. The van der Waals surface area contributed by atoms with E-state index in [1.807, 2.05) is 23.3 Å². The molecule has 1 amide bonds. The summed E-state index contributed by atoms with van der Waals surface area (Å²) < 4.78 is 0.890. The number of amides is 1. The first-order valence-electron chi connectivity index (χ1n) is 5.91. The van der Waals surface area contributed by atoms with Gasteiger partial charge in [-0.15, -0.1) is 11.3 Å². The van der Waals surface area contributed by atoms with Gasteiger partial charge in [0.25, 0.3) is 5.91 Å². The van der Waals surface area contributed by atoms with Gasteiger partial charge in [0.2, 0.25) is 0 Å². The van der Waals surface area contributed by atoms with Gasteiger partial charge in [0.1, 0.15) is 4.88 Å². The van der Waals surface area contributed by atoms with Gasteiger partial charge in [-0.1, -0.05) is 0 Å². The number of nitrogens with zero attached hydrogens (tertiary/aromatic N) is 1. The Hall–Kier alpha value is -0.390. The van der Waals surface area contributed by atoms with Gasteiger partial charge < -0.3 is 10.6 Å². The van der Waals surface area contributed by atoms with Crippen molar-refractivity contribution in [2.24, 2.45) is 5.73 Å². The molecule has 0 bridgehead atoms. The average molecular weight is 317 g/mol. The van der Waals surface area contributed by atoms with Crippen molar-refractivity contribution in [3.63, 3.8) is 0 Å². The number of carbonyl (C=O) groups is 1. The van der Waals surface area contributed by atoms with E-state index in [0.717, 1.165) is 28.7 Å². The Morgan fingerprint density at radius 3 is 3.00 bits per heavy atom. The van der Waals surface area contributed by atoms with Gasteiger partial charge in [-0.25, -0.2) is 0 Å². The first-order valence-corrected chi connectivity index (χ1v) is 7.58. The van der Waals surface area contributed by atoms with Crippen LogP contribution in [0.15, 0.2) is 15.9 Å². The molecule has 1 fully saturated rings. The molecule has 94 valence electrons. The number of likely N-dealkylation sites (tertiary alicyclic amines) is 1. The van der Waals surface area contributed by atoms with Crippen molar-refractivity contribution in [1.82, 2.24) is 4.90 Å². The first kappa shape index (κ1) is 13.1. The highest BCUT2D eigenvalue weighted by Gasteiger charge is 2.31. The number of nitrogens with two attached hydrogens (primary N) is 1. The Balaban J connectivity index is 2.20. The van der Waals surface area contributed by atoms with Gasteiger partial charge in [-0.3, -0.25) is 4.79 Å². The molecule has 1 aliphatic rings. The van der Waals surface area contributed by atoms with Crippen LogP contribution in [0.25, 0.3) is 0 Å². The second-order valence-corrected chi connectivity index (χ2v) is 6.29. The number of hydrogen-bond donors (Lipinski definition) is 1. The summed E-state index contributed by atoms with van der Waals surface area (Å²) in [6.45, 7) is 2.81. The monoisotopic (exact) mass is 316 g/mol. The first-order chi connectivity index (χ1) is 8.11. The summed E-state index contributed by atoms with van der Waals surface area (Å²) in [5.74, 6) is 0.119. The van der Waals surface area contributed by atoms with E-state index in [9.17, 15) is 4.79 Å². The third kappa shape index (κ3) is 2.72. The molecule has 1 aromatic rings. The van der Waals surface area contributed by atoms with Crippen molar-refractivity contribution in [3.05, 3.63) is 20.8 Å². The molecule has 2 rings (SSSR count). The standard InChI is InChI=1S/C12H17BrN2OS/c1-8(14)10-4-2-3-6-15(10)12(16)11-9(13)5-7-17-11/h5,7-8,10H,2-4,6,14H2,1H3/t8-,10+/m0/s1. The van der Waals surface area contributed by atoms with Crippen molar-refractivity contribution in [2.75, 3.05) is 6.54 Å². The second kappa shape index (κ2) is 5.50. The van der Waals surface area contributed by atoms with E-state index < -0.39 is 0 Å². The Labute approximate surface area is 114 Å². The van der Waals surface area contributed by atoms with Crippen LogP contribution in [-0.4, -0.2) is 29.4 Å². The Morgan fingerprint density at radius 1 is 1.65 bits per heavy atom. The molecule has 5 heteroatoms.